The van der Waals surface area contributed by atoms with Crippen molar-refractivity contribution in [3.05, 3.63) is 30.0 Å². The summed E-state index contributed by atoms with van der Waals surface area (Å²) in [6, 6.07) is 7.55. The van der Waals surface area contributed by atoms with Crippen LogP contribution >= 0.6 is 0 Å². The molecule has 23 heavy (non-hydrogen) atoms. The summed E-state index contributed by atoms with van der Waals surface area (Å²) in [5.41, 5.74) is 1.70. The van der Waals surface area contributed by atoms with Crippen molar-refractivity contribution in [2.45, 2.75) is 19.4 Å². The molecule has 2 aromatic rings. The van der Waals surface area contributed by atoms with E-state index in [1.54, 1.807) is 11.6 Å². The van der Waals surface area contributed by atoms with E-state index in [0.717, 1.165) is 10.9 Å². The lowest BCUT2D eigenvalue weighted by Crippen LogP contribution is -2.24. The summed E-state index contributed by atoms with van der Waals surface area (Å²) >= 11 is 0. The van der Waals surface area contributed by atoms with Crippen LogP contribution in [-0.2, 0) is 21.3 Å². The van der Waals surface area contributed by atoms with Crippen molar-refractivity contribution in [3.8, 4) is 0 Å². The van der Waals surface area contributed by atoms with Gasteiger partial charge in [0.05, 0.1) is 36.9 Å². The van der Waals surface area contributed by atoms with E-state index in [1.807, 2.05) is 31.2 Å². The summed E-state index contributed by atoms with van der Waals surface area (Å²) in [4.78, 5) is 24.7. The minimum absolute atomic E-state index is 0.0818. The van der Waals surface area contributed by atoms with Gasteiger partial charge in [-0.25, -0.2) is 4.79 Å². The van der Waals surface area contributed by atoms with Crippen LogP contribution in [0.15, 0.2) is 24.3 Å². The van der Waals surface area contributed by atoms with Crippen molar-refractivity contribution in [2.75, 3.05) is 19.0 Å². The molecule has 0 aliphatic carbocycles. The molecular weight excluding hydrogens is 296 g/mol. The molecule has 0 radical (unpaired) electrons. The van der Waals surface area contributed by atoms with Gasteiger partial charge in [0.1, 0.15) is 0 Å². The van der Waals surface area contributed by atoms with E-state index in [1.165, 1.54) is 7.11 Å². The molecule has 1 aromatic heterocycles. The maximum atomic E-state index is 12.5. The molecule has 2 unspecified atom stereocenters. The van der Waals surface area contributed by atoms with Gasteiger partial charge in [-0.2, -0.15) is 0 Å². The second-order valence-electron chi connectivity index (χ2n) is 5.86. The topological polar surface area (TPSA) is 69.6 Å². The Balaban J connectivity index is 2.01. The molecule has 3 rings (SSSR count). The third-order valence-electron chi connectivity index (χ3n) is 4.30. The Morgan fingerprint density at radius 3 is 2.74 bits per heavy atom. The van der Waals surface area contributed by atoms with Crippen LogP contribution in [0.2, 0.25) is 0 Å². The summed E-state index contributed by atoms with van der Waals surface area (Å²) < 4.78 is 12.1. The number of hydrogen-bond acceptors (Lipinski definition) is 4. The number of methoxy groups -OCH3 is 1. The highest BCUT2D eigenvalue weighted by Gasteiger charge is 2.30. The summed E-state index contributed by atoms with van der Waals surface area (Å²) in [5, 5.41) is 3.73. The maximum absolute atomic E-state index is 12.5. The quantitative estimate of drug-likeness (QED) is 0.882. The third-order valence-corrected chi connectivity index (χ3v) is 4.30. The number of nitrogens with one attached hydrogen (secondary N) is 1. The first-order valence-corrected chi connectivity index (χ1v) is 7.61. The molecule has 2 heterocycles. The van der Waals surface area contributed by atoms with Gasteiger partial charge in [0, 0.05) is 12.4 Å². The van der Waals surface area contributed by atoms with Crippen molar-refractivity contribution in [1.29, 1.82) is 0 Å². The highest BCUT2D eigenvalue weighted by molar-refractivity contribution is 6.11. The zero-order valence-electron chi connectivity index (χ0n) is 13.5. The number of ether oxygens (including phenoxy) is 2. The van der Waals surface area contributed by atoms with E-state index in [-0.39, 0.29) is 17.9 Å². The average molecular weight is 316 g/mol. The van der Waals surface area contributed by atoms with Gasteiger partial charge >= 0.3 is 5.97 Å². The molecule has 6 nitrogen and oxygen atoms in total. The summed E-state index contributed by atoms with van der Waals surface area (Å²) in [6.45, 7) is 2.36. The molecule has 1 N–H and O–H groups in total. The van der Waals surface area contributed by atoms with Crippen molar-refractivity contribution >= 4 is 28.5 Å². The Hall–Kier alpha value is -2.34. The van der Waals surface area contributed by atoms with E-state index in [9.17, 15) is 9.59 Å². The van der Waals surface area contributed by atoms with Crippen molar-refractivity contribution in [1.82, 2.24) is 4.57 Å². The number of rotatable bonds is 3. The van der Waals surface area contributed by atoms with Crippen molar-refractivity contribution in [3.63, 3.8) is 0 Å². The molecule has 1 aromatic carbocycles. The zero-order chi connectivity index (χ0) is 16.6. The fourth-order valence-corrected chi connectivity index (χ4v) is 3.08. The number of amides is 1. The van der Waals surface area contributed by atoms with E-state index in [2.05, 4.69) is 5.32 Å². The number of benzene rings is 1. The SMILES string of the molecule is COC(=O)c1c(NC(=O)C2COC(C)C2)c2ccccc2n1C. The smallest absolute Gasteiger partial charge is 0.356 e. The van der Waals surface area contributed by atoms with Gasteiger partial charge < -0.3 is 19.4 Å². The van der Waals surface area contributed by atoms with Crippen LogP contribution in [0.3, 0.4) is 0 Å². The Labute approximate surface area is 134 Å². The first-order chi connectivity index (χ1) is 11.0. The first-order valence-electron chi connectivity index (χ1n) is 7.61. The third kappa shape index (κ3) is 2.70. The van der Waals surface area contributed by atoms with Gasteiger partial charge in [-0.15, -0.1) is 0 Å². The van der Waals surface area contributed by atoms with Crippen LogP contribution in [-0.4, -0.2) is 36.3 Å². The highest BCUT2D eigenvalue weighted by atomic mass is 16.5. The predicted molar refractivity (Wildman–Crippen MR) is 86.4 cm³/mol. The van der Waals surface area contributed by atoms with Gasteiger partial charge in [-0.3, -0.25) is 4.79 Å². The van der Waals surface area contributed by atoms with Crippen LogP contribution in [0.4, 0.5) is 5.69 Å². The molecule has 0 spiro atoms. The lowest BCUT2D eigenvalue weighted by molar-refractivity contribution is -0.119. The van der Waals surface area contributed by atoms with Crippen LogP contribution in [0.1, 0.15) is 23.8 Å². The number of para-hydroxylation sites is 1. The number of fused-ring (bicyclic) bond motifs is 1. The Kier molecular flexibility index (Phi) is 4.09. The Bertz CT molecular complexity index is 765. The Morgan fingerprint density at radius 2 is 2.09 bits per heavy atom. The summed E-state index contributed by atoms with van der Waals surface area (Å²) in [7, 11) is 3.11. The lowest BCUT2D eigenvalue weighted by Gasteiger charge is -2.11. The van der Waals surface area contributed by atoms with Crippen LogP contribution in [0.5, 0.6) is 0 Å². The minimum atomic E-state index is -0.477. The number of nitrogens with zero attached hydrogens (tertiary/aromatic N) is 1. The summed E-state index contributed by atoms with van der Waals surface area (Å²) in [6.07, 6.45) is 0.766. The number of hydrogen-bond donors (Lipinski definition) is 1. The molecule has 1 aliphatic rings. The van der Waals surface area contributed by atoms with E-state index in [4.69, 9.17) is 9.47 Å². The molecule has 0 saturated carbocycles. The average Bonchev–Trinajstić information content (AvgIpc) is 3.10. The number of anilines is 1. The number of esters is 1. The molecule has 122 valence electrons. The molecule has 1 fully saturated rings. The molecule has 1 saturated heterocycles. The highest BCUT2D eigenvalue weighted by Crippen LogP contribution is 2.32. The fourth-order valence-electron chi connectivity index (χ4n) is 3.08. The number of carbonyl (C=O) groups is 2. The van der Waals surface area contributed by atoms with Gasteiger partial charge in [0.25, 0.3) is 0 Å². The number of aromatic nitrogens is 1. The van der Waals surface area contributed by atoms with Crippen LogP contribution < -0.4 is 5.32 Å². The number of aryl methyl sites for hydroxylation is 1. The van der Waals surface area contributed by atoms with Crippen molar-refractivity contribution < 1.29 is 19.1 Å². The second-order valence-corrected chi connectivity index (χ2v) is 5.86. The summed E-state index contributed by atoms with van der Waals surface area (Å²) in [5.74, 6) is -0.805. The predicted octanol–water partition coefficient (Wildman–Crippen LogP) is 2.33. The van der Waals surface area contributed by atoms with E-state index >= 15 is 0 Å². The molecule has 2 atom stereocenters. The second kappa shape index (κ2) is 6.04. The van der Waals surface area contributed by atoms with Crippen LogP contribution in [0.25, 0.3) is 10.9 Å². The lowest BCUT2D eigenvalue weighted by atomic mass is 10.1. The monoisotopic (exact) mass is 316 g/mol. The first kappa shape index (κ1) is 15.6. The van der Waals surface area contributed by atoms with Gasteiger partial charge in [-0.1, -0.05) is 18.2 Å². The fraction of sp³-hybridized carbons (Fsp3) is 0.412. The molecule has 1 amide bonds. The standard InChI is InChI=1S/C17H20N2O4/c1-10-8-11(9-23-10)16(20)18-14-12-6-4-5-7-13(12)19(2)15(14)17(21)22-3/h4-7,10-11H,8-9H2,1-3H3,(H,18,20). The normalized spacial score (nSPS) is 20.7. The van der Waals surface area contributed by atoms with Crippen LogP contribution in [0, 0.1) is 5.92 Å². The van der Waals surface area contributed by atoms with Gasteiger partial charge in [-0.05, 0) is 19.4 Å². The largest absolute Gasteiger partial charge is 0.464 e. The van der Waals surface area contributed by atoms with Gasteiger partial charge in [0.15, 0.2) is 5.69 Å². The number of carbonyl (C=O) groups excluding carboxylic acids is 2. The maximum Gasteiger partial charge on any atom is 0.356 e. The van der Waals surface area contributed by atoms with E-state index in [0.29, 0.717) is 24.4 Å². The Morgan fingerprint density at radius 1 is 1.35 bits per heavy atom. The molecule has 0 bridgehead atoms. The molecule has 6 heteroatoms. The van der Waals surface area contributed by atoms with E-state index < -0.39 is 5.97 Å². The van der Waals surface area contributed by atoms with Crippen molar-refractivity contribution in [2.24, 2.45) is 13.0 Å². The molecule has 1 aliphatic heterocycles. The molecular formula is C17H20N2O4. The van der Waals surface area contributed by atoms with Gasteiger partial charge in [0.2, 0.25) is 5.91 Å². The zero-order valence-corrected chi connectivity index (χ0v) is 13.5. The minimum Gasteiger partial charge on any atom is -0.464 e.